The molecule has 40 heavy (non-hydrogen) atoms. The van der Waals surface area contributed by atoms with Gasteiger partial charge < -0.3 is 24.8 Å². The summed E-state index contributed by atoms with van der Waals surface area (Å²) in [5.41, 5.74) is 1.86. The average Bonchev–Trinajstić information content (AvgIpc) is 3.22. The highest BCUT2D eigenvalue weighted by Gasteiger charge is 2.32. The van der Waals surface area contributed by atoms with E-state index in [9.17, 15) is 22.4 Å². The van der Waals surface area contributed by atoms with Crippen molar-refractivity contribution >= 4 is 11.8 Å². The molecule has 1 aliphatic rings. The number of nitrogens with zero attached hydrogens (tertiary/aromatic N) is 2. The number of hydrogen-bond donors (Lipinski definition) is 3. The molecule has 2 heterocycles. The van der Waals surface area contributed by atoms with Gasteiger partial charge in [-0.3, -0.25) is 5.32 Å². The predicted octanol–water partition coefficient (Wildman–Crippen LogP) is 4.87. The first-order chi connectivity index (χ1) is 19.1. The van der Waals surface area contributed by atoms with Gasteiger partial charge in [0.2, 0.25) is 5.88 Å². The number of ether oxygens (including phenoxy) is 3. The number of carbonyl (C=O) groups is 1. The van der Waals surface area contributed by atoms with Gasteiger partial charge in [0.25, 0.3) is 0 Å². The van der Waals surface area contributed by atoms with Gasteiger partial charge in [-0.25, -0.2) is 13.9 Å². The number of nitrogens with one attached hydrogen (secondary N) is 3. The Morgan fingerprint density at radius 2 is 1.98 bits per heavy atom. The molecule has 216 valence electrons. The molecule has 4 rings (SSSR count). The van der Waals surface area contributed by atoms with Crippen molar-refractivity contribution in [1.82, 2.24) is 20.4 Å². The Bertz CT molecular complexity index is 1290. The van der Waals surface area contributed by atoms with Crippen LogP contribution in [0.5, 0.6) is 11.6 Å². The number of anilines is 1. The summed E-state index contributed by atoms with van der Waals surface area (Å²) in [7, 11) is 1.46. The molecule has 0 aliphatic carbocycles. The highest BCUT2D eigenvalue weighted by molar-refractivity contribution is 5.89. The quantitative estimate of drug-likeness (QED) is 0.304. The third kappa shape index (κ3) is 7.63. The summed E-state index contributed by atoms with van der Waals surface area (Å²) >= 11 is 0. The van der Waals surface area contributed by atoms with Gasteiger partial charge in [0, 0.05) is 31.7 Å². The number of alkyl halides is 4. The van der Waals surface area contributed by atoms with Crippen molar-refractivity contribution in [3.8, 4) is 17.3 Å². The highest BCUT2D eigenvalue weighted by Crippen LogP contribution is 2.30. The van der Waals surface area contributed by atoms with E-state index in [0.29, 0.717) is 35.6 Å². The second kappa shape index (κ2) is 13.0. The number of benzene rings is 2. The zero-order valence-electron chi connectivity index (χ0n) is 22.1. The Hall–Kier alpha value is -3.84. The maximum Gasteiger partial charge on any atom is 0.573 e. The number of aromatic nitrogens is 2. The molecule has 13 heteroatoms. The molecule has 2 atom stereocenters. The molecule has 2 aromatic carbocycles. The number of piperidine rings is 1. The van der Waals surface area contributed by atoms with Crippen molar-refractivity contribution in [2.45, 2.75) is 39.0 Å². The maximum absolute atomic E-state index is 14.3. The summed E-state index contributed by atoms with van der Waals surface area (Å²) in [6.07, 6.45) is -5.31. The number of amides is 2. The average molecular weight is 566 g/mol. The Kier molecular flexibility index (Phi) is 9.48. The van der Waals surface area contributed by atoms with Crippen LogP contribution in [0.3, 0.4) is 0 Å². The number of para-hydroxylation sites is 1. The van der Waals surface area contributed by atoms with Crippen LogP contribution in [0.1, 0.15) is 23.1 Å². The van der Waals surface area contributed by atoms with Crippen molar-refractivity contribution in [2.24, 2.45) is 5.92 Å². The lowest BCUT2D eigenvalue weighted by Gasteiger charge is -2.26. The van der Waals surface area contributed by atoms with Crippen molar-refractivity contribution in [3.63, 3.8) is 0 Å². The number of hydrogen-bond acceptors (Lipinski definition) is 6. The van der Waals surface area contributed by atoms with Gasteiger partial charge in [-0.1, -0.05) is 24.3 Å². The fraction of sp³-hybridized carbons (Fsp3) is 0.407. The second-order valence-corrected chi connectivity index (χ2v) is 9.34. The van der Waals surface area contributed by atoms with Crippen LogP contribution in [0.15, 0.2) is 48.5 Å². The molecule has 9 nitrogen and oxygen atoms in total. The largest absolute Gasteiger partial charge is 0.573 e. The number of rotatable bonds is 10. The van der Waals surface area contributed by atoms with Crippen molar-refractivity contribution in [2.75, 3.05) is 32.1 Å². The number of urea groups is 1. The SMILES string of the molecule is COCc1ccc(OC(F)(F)F)c(CNC(=O)Nc2c(C)c(OC[C@@H]3CCNC[C@H]3F)nn2-c2ccccc2)c1. The van der Waals surface area contributed by atoms with Crippen molar-refractivity contribution in [1.29, 1.82) is 0 Å². The minimum atomic E-state index is -4.90. The van der Waals surface area contributed by atoms with Crippen LogP contribution in [0.2, 0.25) is 0 Å². The molecule has 0 unspecified atom stereocenters. The van der Waals surface area contributed by atoms with Gasteiger partial charge in [0.1, 0.15) is 17.7 Å². The van der Waals surface area contributed by atoms with Gasteiger partial charge in [0.05, 0.1) is 24.5 Å². The van der Waals surface area contributed by atoms with Crippen LogP contribution in [0, 0.1) is 12.8 Å². The fourth-order valence-electron chi connectivity index (χ4n) is 4.34. The first-order valence-corrected chi connectivity index (χ1v) is 12.7. The molecular weight excluding hydrogens is 534 g/mol. The molecule has 0 radical (unpaired) electrons. The molecule has 3 aromatic rings. The smallest absolute Gasteiger partial charge is 0.476 e. The standard InChI is InChI=1S/C27H31F4N5O4/c1-17-24(34-26(37)33-13-20-12-18(15-38-2)8-9-23(20)40-27(29,30)31)36(21-6-4-3-5-7-21)35-25(17)39-16-19-10-11-32-14-22(19)28/h3-9,12,19,22,32H,10-11,13-16H2,1-2H3,(H2,33,34,37)/t19-,22+/m0/s1. The maximum atomic E-state index is 14.3. The monoisotopic (exact) mass is 565 g/mol. The first-order valence-electron chi connectivity index (χ1n) is 12.7. The van der Waals surface area contributed by atoms with E-state index in [4.69, 9.17) is 9.47 Å². The molecule has 2 amide bonds. The first kappa shape index (κ1) is 29.2. The lowest BCUT2D eigenvalue weighted by molar-refractivity contribution is -0.274. The minimum Gasteiger partial charge on any atom is -0.476 e. The molecule has 0 saturated carbocycles. The molecule has 0 spiro atoms. The predicted molar refractivity (Wildman–Crippen MR) is 139 cm³/mol. The minimum absolute atomic E-state index is 0.113. The highest BCUT2D eigenvalue weighted by atomic mass is 19.4. The number of halogens is 4. The Morgan fingerprint density at radius 1 is 1.20 bits per heavy atom. The molecule has 3 N–H and O–H groups in total. The van der Waals surface area contributed by atoms with E-state index < -0.39 is 24.3 Å². The van der Waals surface area contributed by atoms with Crippen LogP contribution >= 0.6 is 0 Å². The second-order valence-electron chi connectivity index (χ2n) is 9.34. The summed E-state index contributed by atoms with van der Waals surface area (Å²) in [5.74, 6) is -0.194. The molecular formula is C27H31F4N5O4. The molecule has 1 saturated heterocycles. The summed E-state index contributed by atoms with van der Waals surface area (Å²) < 4.78 is 69.6. The van der Waals surface area contributed by atoms with Crippen LogP contribution < -0.4 is 25.4 Å². The van der Waals surface area contributed by atoms with E-state index in [1.165, 1.54) is 30.0 Å². The van der Waals surface area contributed by atoms with E-state index in [-0.39, 0.29) is 43.7 Å². The van der Waals surface area contributed by atoms with Crippen LogP contribution in [-0.2, 0) is 17.9 Å². The Labute approximate surface area is 228 Å². The summed E-state index contributed by atoms with van der Waals surface area (Å²) in [6, 6.07) is 12.4. The molecule has 0 bridgehead atoms. The van der Waals surface area contributed by atoms with E-state index in [2.05, 4.69) is 25.8 Å². The lowest BCUT2D eigenvalue weighted by atomic mass is 9.97. The normalized spacial score (nSPS) is 17.4. The number of methoxy groups -OCH3 is 1. The zero-order chi connectivity index (χ0) is 28.7. The van der Waals surface area contributed by atoms with Gasteiger partial charge in [0.15, 0.2) is 0 Å². The topological polar surface area (TPSA) is 98.7 Å². The van der Waals surface area contributed by atoms with Crippen LogP contribution in [0.4, 0.5) is 28.2 Å². The van der Waals surface area contributed by atoms with Crippen LogP contribution in [0.25, 0.3) is 5.69 Å². The van der Waals surface area contributed by atoms with Gasteiger partial charge in [-0.2, -0.15) is 0 Å². The fourth-order valence-corrected chi connectivity index (χ4v) is 4.34. The third-order valence-electron chi connectivity index (χ3n) is 6.39. The van der Waals surface area contributed by atoms with Crippen LogP contribution in [-0.4, -0.2) is 55.2 Å². The van der Waals surface area contributed by atoms with E-state index in [1.807, 2.05) is 6.07 Å². The van der Waals surface area contributed by atoms with Gasteiger partial charge in [-0.05, 0) is 49.7 Å². The third-order valence-corrected chi connectivity index (χ3v) is 6.39. The van der Waals surface area contributed by atoms with Gasteiger partial charge in [-0.15, -0.1) is 18.3 Å². The molecule has 1 aromatic heterocycles. The Balaban J connectivity index is 1.52. The summed E-state index contributed by atoms with van der Waals surface area (Å²) in [5, 5.41) is 12.8. The summed E-state index contributed by atoms with van der Waals surface area (Å²) in [4.78, 5) is 12.9. The van der Waals surface area contributed by atoms with E-state index in [1.54, 1.807) is 31.2 Å². The molecule has 1 aliphatic heterocycles. The Morgan fingerprint density at radius 3 is 2.67 bits per heavy atom. The zero-order valence-corrected chi connectivity index (χ0v) is 22.1. The summed E-state index contributed by atoms with van der Waals surface area (Å²) in [6.45, 7) is 2.71. The van der Waals surface area contributed by atoms with Gasteiger partial charge >= 0.3 is 12.4 Å². The van der Waals surface area contributed by atoms with Crippen molar-refractivity contribution in [3.05, 3.63) is 65.2 Å². The molecule has 1 fully saturated rings. The number of carbonyl (C=O) groups excluding carboxylic acids is 1. The van der Waals surface area contributed by atoms with E-state index in [0.717, 1.165) is 0 Å². The van der Waals surface area contributed by atoms with E-state index >= 15 is 0 Å². The van der Waals surface area contributed by atoms with Crippen molar-refractivity contribution < 1.29 is 36.6 Å². The lowest BCUT2D eigenvalue weighted by Crippen LogP contribution is -2.40.